The second kappa shape index (κ2) is 6.01. The number of benzene rings is 2. The predicted octanol–water partition coefficient (Wildman–Crippen LogP) is -0.970. The van der Waals surface area contributed by atoms with E-state index in [-0.39, 0.29) is 35.1 Å². The molecule has 3 heteroatoms. The van der Waals surface area contributed by atoms with E-state index in [2.05, 4.69) is 0 Å². The van der Waals surface area contributed by atoms with Crippen molar-refractivity contribution >= 4 is 5.97 Å². The van der Waals surface area contributed by atoms with Crippen LogP contribution in [0.2, 0.25) is 0 Å². The van der Waals surface area contributed by atoms with Gasteiger partial charge in [0, 0.05) is 5.56 Å². The molecular formula is C14H11NaO2. The molecule has 17 heavy (non-hydrogen) atoms. The number of rotatable bonds is 2. The molecule has 80 valence electrons. The molecule has 0 unspecified atom stereocenters. The van der Waals surface area contributed by atoms with Gasteiger partial charge in [-0.2, -0.15) is 0 Å². The minimum absolute atomic E-state index is 0. The molecule has 0 spiro atoms. The van der Waals surface area contributed by atoms with Gasteiger partial charge >= 0.3 is 29.6 Å². The third-order valence-corrected chi connectivity index (χ3v) is 2.51. The zero-order chi connectivity index (χ0) is 11.5. The summed E-state index contributed by atoms with van der Waals surface area (Å²) in [5.74, 6) is -1.14. The van der Waals surface area contributed by atoms with E-state index in [0.29, 0.717) is 5.56 Å². The number of hydrogen-bond donors (Lipinski definition) is 0. The van der Waals surface area contributed by atoms with Crippen molar-refractivity contribution in [2.45, 2.75) is 6.92 Å². The summed E-state index contributed by atoms with van der Waals surface area (Å²) in [6.07, 6.45) is 0. The summed E-state index contributed by atoms with van der Waals surface area (Å²) in [7, 11) is 0. The fourth-order valence-corrected chi connectivity index (χ4v) is 1.65. The Hall–Kier alpha value is -1.09. The van der Waals surface area contributed by atoms with E-state index in [4.69, 9.17) is 0 Å². The summed E-state index contributed by atoms with van der Waals surface area (Å²) < 4.78 is 0. The van der Waals surface area contributed by atoms with E-state index in [1.165, 1.54) is 0 Å². The Morgan fingerprint density at radius 1 is 1.00 bits per heavy atom. The van der Waals surface area contributed by atoms with Crippen molar-refractivity contribution in [1.82, 2.24) is 0 Å². The van der Waals surface area contributed by atoms with Crippen LogP contribution in [0.1, 0.15) is 15.9 Å². The van der Waals surface area contributed by atoms with Gasteiger partial charge < -0.3 is 9.90 Å². The molecule has 0 bridgehead atoms. The Bertz CT molecular complexity index is 518. The molecule has 0 fully saturated rings. The molecule has 0 aliphatic carbocycles. The molecule has 0 atom stereocenters. The number of carboxylic acids is 1. The standard InChI is InChI=1S/C14H12O2.Na/c1-10-6-8-11(9-7-10)12-4-2-3-5-13(12)14(15)16;/h2-9H,1H3,(H,15,16);/q;+1/p-1. The molecule has 0 heterocycles. The molecule has 0 aromatic heterocycles. The normalized spacial score (nSPS) is 9.47. The van der Waals surface area contributed by atoms with Crippen LogP contribution in [0.3, 0.4) is 0 Å². The molecule has 0 aliphatic rings. The van der Waals surface area contributed by atoms with Crippen LogP contribution < -0.4 is 34.7 Å². The smallest absolute Gasteiger partial charge is 0.545 e. The quantitative estimate of drug-likeness (QED) is 0.627. The van der Waals surface area contributed by atoms with Gasteiger partial charge in [-0.25, -0.2) is 0 Å². The van der Waals surface area contributed by atoms with Crippen molar-refractivity contribution in [2.24, 2.45) is 0 Å². The molecule has 0 saturated carbocycles. The van der Waals surface area contributed by atoms with Crippen LogP contribution in [0.5, 0.6) is 0 Å². The zero-order valence-electron chi connectivity index (χ0n) is 9.94. The average Bonchev–Trinajstić information content (AvgIpc) is 2.30. The second-order valence-electron chi connectivity index (χ2n) is 3.70. The van der Waals surface area contributed by atoms with Crippen LogP contribution >= 0.6 is 0 Å². The largest absolute Gasteiger partial charge is 1.00 e. The molecular weight excluding hydrogens is 223 g/mol. The van der Waals surface area contributed by atoms with E-state index in [1.807, 2.05) is 37.3 Å². The summed E-state index contributed by atoms with van der Waals surface area (Å²) in [5, 5.41) is 11.0. The fraction of sp³-hybridized carbons (Fsp3) is 0.0714. The summed E-state index contributed by atoms with van der Waals surface area (Å²) >= 11 is 0. The number of carboxylic acid groups (broad SMARTS) is 1. The van der Waals surface area contributed by atoms with E-state index >= 15 is 0 Å². The summed E-state index contributed by atoms with van der Waals surface area (Å²) in [6, 6.07) is 14.6. The van der Waals surface area contributed by atoms with Gasteiger partial charge in [-0.1, -0.05) is 54.1 Å². The maximum atomic E-state index is 11.0. The molecule has 0 saturated heterocycles. The van der Waals surface area contributed by atoms with Crippen molar-refractivity contribution in [3.63, 3.8) is 0 Å². The second-order valence-corrected chi connectivity index (χ2v) is 3.70. The molecule has 2 rings (SSSR count). The minimum Gasteiger partial charge on any atom is -0.545 e. The number of hydrogen-bond acceptors (Lipinski definition) is 2. The van der Waals surface area contributed by atoms with Crippen LogP contribution in [-0.2, 0) is 0 Å². The number of carbonyl (C=O) groups excluding carboxylic acids is 1. The minimum atomic E-state index is -1.14. The molecule has 0 radical (unpaired) electrons. The van der Waals surface area contributed by atoms with Gasteiger partial charge in [0.1, 0.15) is 0 Å². The molecule has 0 amide bonds. The summed E-state index contributed by atoms with van der Waals surface area (Å²) in [5.41, 5.74) is 2.97. The molecule has 2 aromatic rings. The summed E-state index contributed by atoms with van der Waals surface area (Å²) in [6.45, 7) is 1.99. The van der Waals surface area contributed by atoms with Gasteiger partial charge in [-0.05, 0) is 18.1 Å². The molecule has 0 N–H and O–H groups in total. The van der Waals surface area contributed by atoms with Gasteiger partial charge in [0.15, 0.2) is 0 Å². The van der Waals surface area contributed by atoms with Gasteiger partial charge in [0.2, 0.25) is 0 Å². The van der Waals surface area contributed by atoms with Gasteiger partial charge in [0.25, 0.3) is 0 Å². The van der Waals surface area contributed by atoms with Crippen LogP contribution in [-0.4, -0.2) is 5.97 Å². The Morgan fingerprint density at radius 2 is 1.59 bits per heavy atom. The third kappa shape index (κ3) is 3.19. The first kappa shape index (κ1) is 14.0. The Balaban J connectivity index is 0.00000144. The Morgan fingerprint density at radius 3 is 2.18 bits per heavy atom. The Labute approximate surface area is 123 Å². The van der Waals surface area contributed by atoms with Crippen LogP contribution in [0.15, 0.2) is 48.5 Å². The van der Waals surface area contributed by atoms with Crippen LogP contribution in [0.25, 0.3) is 11.1 Å². The first-order chi connectivity index (χ1) is 7.68. The van der Waals surface area contributed by atoms with Crippen LogP contribution in [0, 0.1) is 6.92 Å². The Kier molecular flexibility index (Phi) is 4.94. The average molecular weight is 234 g/mol. The zero-order valence-corrected chi connectivity index (χ0v) is 11.9. The van der Waals surface area contributed by atoms with Gasteiger partial charge in [0.05, 0.1) is 5.97 Å². The van der Waals surface area contributed by atoms with E-state index in [0.717, 1.165) is 11.1 Å². The molecule has 2 aromatic carbocycles. The van der Waals surface area contributed by atoms with E-state index in [1.54, 1.807) is 18.2 Å². The van der Waals surface area contributed by atoms with Gasteiger partial charge in [-0.3, -0.25) is 0 Å². The first-order valence-corrected chi connectivity index (χ1v) is 5.06. The maximum absolute atomic E-state index is 11.0. The van der Waals surface area contributed by atoms with Crippen molar-refractivity contribution in [2.75, 3.05) is 0 Å². The predicted molar refractivity (Wildman–Crippen MR) is 60.9 cm³/mol. The third-order valence-electron chi connectivity index (χ3n) is 2.51. The van der Waals surface area contributed by atoms with E-state index < -0.39 is 5.97 Å². The van der Waals surface area contributed by atoms with Crippen molar-refractivity contribution in [3.05, 3.63) is 59.7 Å². The first-order valence-electron chi connectivity index (χ1n) is 5.06. The van der Waals surface area contributed by atoms with Crippen molar-refractivity contribution in [1.29, 1.82) is 0 Å². The maximum Gasteiger partial charge on any atom is 1.00 e. The fourth-order valence-electron chi connectivity index (χ4n) is 1.65. The number of aryl methyl sites for hydroxylation is 1. The molecule has 0 aliphatic heterocycles. The van der Waals surface area contributed by atoms with Crippen molar-refractivity contribution in [3.8, 4) is 11.1 Å². The SMILES string of the molecule is Cc1ccc(-c2ccccc2C(=O)[O-])cc1.[Na+]. The number of carbonyl (C=O) groups is 1. The van der Waals surface area contributed by atoms with E-state index in [9.17, 15) is 9.90 Å². The molecule has 2 nitrogen and oxygen atoms in total. The van der Waals surface area contributed by atoms with Crippen molar-refractivity contribution < 1.29 is 39.5 Å². The number of aromatic carboxylic acids is 1. The van der Waals surface area contributed by atoms with Crippen LogP contribution in [0.4, 0.5) is 0 Å². The summed E-state index contributed by atoms with van der Waals surface area (Å²) in [4.78, 5) is 11.0. The topological polar surface area (TPSA) is 40.1 Å². The monoisotopic (exact) mass is 234 g/mol. The van der Waals surface area contributed by atoms with Gasteiger partial charge in [-0.15, -0.1) is 0 Å².